The lowest BCUT2D eigenvalue weighted by molar-refractivity contribution is -0.180. The average molecular weight is 196 g/mol. The van der Waals surface area contributed by atoms with Crippen LogP contribution in [0.4, 0.5) is 0 Å². The molecule has 0 rings (SSSR count). The Balaban J connectivity index is 4.42. The molecule has 0 aromatic rings. The van der Waals surface area contributed by atoms with Crippen molar-refractivity contribution in [2.24, 2.45) is 0 Å². The van der Waals surface area contributed by atoms with Crippen molar-refractivity contribution >= 4 is 0 Å². The fourth-order valence-electron chi connectivity index (χ4n) is 0.871. The second kappa shape index (κ2) is 4.85. The van der Waals surface area contributed by atoms with Gasteiger partial charge in [-0.1, -0.05) is 0 Å². The quantitative estimate of drug-likeness (QED) is 0.275. The number of aliphatic hydroxyl groups is 6. The molecule has 0 fully saturated rings. The summed E-state index contributed by atoms with van der Waals surface area (Å²) in [6.07, 6.45) is -4.86. The maximum atomic E-state index is 9.42. The van der Waals surface area contributed by atoms with Crippen LogP contribution in [-0.2, 0) is 0 Å². The first-order valence-electron chi connectivity index (χ1n) is 3.86. The predicted octanol–water partition coefficient (Wildman–Crippen LogP) is -3.20. The van der Waals surface area contributed by atoms with Gasteiger partial charge in [0.25, 0.3) is 0 Å². The SMILES string of the molecule is C[C@](O)([C@H](O)[C@H](O)CO)[C@@H](O)CO. The van der Waals surface area contributed by atoms with E-state index in [-0.39, 0.29) is 0 Å². The van der Waals surface area contributed by atoms with Crippen LogP contribution in [0.1, 0.15) is 6.92 Å². The predicted molar refractivity (Wildman–Crippen MR) is 42.8 cm³/mol. The van der Waals surface area contributed by atoms with Crippen LogP contribution in [0.5, 0.6) is 0 Å². The zero-order valence-electron chi connectivity index (χ0n) is 7.33. The molecule has 0 saturated carbocycles. The van der Waals surface area contributed by atoms with Gasteiger partial charge in [-0.05, 0) is 6.92 Å². The number of aliphatic hydroxyl groups excluding tert-OH is 5. The van der Waals surface area contributed by atoms with Gasteiger partial charge < -0.3 is 30.6 Å². The summed E-state index contributed by atoms with van der Waals surface area (Å²) in [5, 5.41) is 53.6. The van der Waals surface area contributed by atoms with Gasteiger partial charge in [-0.15, -0.1) is 0 Å². The minimum Gasteiger partial charge on any atom is -0.394 e. The highest BCUT2D eigenvalue weighted by Gasteiger charge is 2.41. The Kier molecular flexibility index (Phi) is 4.76. The molecular weight excluding hydrogens is 180 g/mol. The molecule has 80 valence electrons. The maximum Gasteiger partial charge on any atom is 0.118 e. The normalized spacial score (nSPS) is 23.3. The molecule has 6 N–H and O–H groups in total. The van der Waals surface area contributed by atoms with Gasteiger partial charge in [-0.2, -0.15) is 0 Å². The van der Waals surface area contributed by atoms with Gasteiger partial charge in [0.05, 0.1) is 13.2 Å². The van der Waals surface area contributed by atoms with E-state index in [2.05, 4.69) is 0 Å². The Morgan fingerprint density at radius 3 is 1.85 bits per heavy atom. The molecule has 0 bridgehead atoms. The molecule has 6 heteroatoms. The molecule has 0 heterocycles. The first-order chi connectivity index (χ1) is 5.87. The Labute approximate surface area is 75.7 Å². The summed E-state index contributed by atoms with van der Waals surface area (Å²) >= 11 is 0. The number of hydrogen-bond acceptors (Lipinski definition) is 6. The summed E-state index contributed by atoms with van der Waals surface area (Å²) < 4.78 is 0. The van der Waals surface area contributed by atoms with E-state index < -0.39 is 37.1 Å². The van der Waals surface area contributed by atoms with Crippen LogP contribution in [0.15, 0.2) is 0 Å². The Morgan fingerprint density at radius 1 is 1.08 bits per heavy atom. The lowest BCUT2D eigenvalue weighted by Crippen LogP contribution is -2.56. The molecule has 0 amide bonds. The number of rotatable bonds is 5. The second-order valence-corrected chi connectivity index (χ2v) is 3.12. The zero-order chi connectivity index (χ0) is 10.6. The molecular formula is C7H16O6. The van der Waals surface area contributed by atoms with Gasteiger partial charge in [0, 0.05) is 0 Å². The first-order valence-corrected chi connectivity index (χ1v) is 3.86. The summed E-state index contributed by atoms with van der Waals surface area (Å²) in [7, 11) is 0. The topological polar surface area (TPSA) is 121 Å². The Hall–Kier alpha value is -0.240. The molecule has 0 aliphatic carbocycles. The molecule has 0 aromatic carbocycles. The molecule has 0 unspecified atom stereocenters. The molecule has 4 atom stereocenters. The Bertz CT molecular complexity index is 148. The maximum absolute atomic E-state index is 9.42. The van der Waals surface area contributed by atoms with Gasteiger partial charge in [0.15, 0.2) is 0 Å². The summed E-state index contributed by atoms with van der Waals surface area (Å²) in [6, 6.07) is 0. The number of hydrogen-bond donors (Lipinski definition) is 6. The largest absolute Gasteiger partial charge is 0.394 e. The van der Waals surface area contributed by atoms with Crippen molar-refractivity contribution in [2.75, 3.05) is 13.2 Å². The molecule has 13 heavy (non-hydrogen) atoms. The molecule has 6 nitrogen and oxygen atoms in total. The average Bonchev–Trinajstić information content (AvgIpc) is 2.13. The minimum absolute atomic E-state index is 0.741. The standard InChI is InChI=1S/C7H16O6/c1-7(13,5(11)3-9)6(12)4(10)2-8/h4-6,8-13H,2-3H2,1H3/t4-,5+,6-,7-/m1/s1. The monoisotopic (exact) mass is 196 g/mol. The summed E-state index contributed by atoms with van der Waals surface area (Å²) in [4.78, 5) is 0. The van der Waals surface area contributed by atoms with Crippen molar-refractivity contribution in [3.63, 3.8) is 0 Å². The smallest absolute Gasteiger partial charge is 0.118 e. The van der Waals surface area contributed by atoms with E-state index >= 15 is 0 Å². The van der Waals surface area contributed by atoms with Gasteiger partial charge in [-0.25, -0.2) is 0 Å². The van der Waals surface area contributed by atoms with Crippen molar-refractivity contribution in [2.45, 2.75) is 30.8 Å². The van der Waals surface area contributed by atoms with Crippen LogP contribution in [0.2, 0.25) is 0 Å². The fraction of sp³-hybridized carbons (Fsp3) is 1.00. The minimum atomic E-state index is -2.06. The first kappa shape index (κ1) is 12.8. The highest BCUT2D eigenvalue weighted by molar-refractivity contribution is 4.92. The molecule has 0 spiro atoms. The van der Waals surface area contributed by atoms with Gasteiger partial charge in [-0.3, -0.25) is 0 Å². The van der Waals surface area contributed by atoms with Crippen LogP contribution >= 0.6 is 0 Å². The molecule has 0 aromatic heterocycles. The fourth-order valence-corrected chi connectivity index (χ4v) is 0.871. The highest BCUT2D eigenvalue weighted by Crippen LogP contribution is 2.17. The lowest BCUT2D eigenvalue weighted by Gasteiger charge is -2.34. The van der Waals surface area contributed by atoms with Crippen molar-refractivity contribution in [3.05, 3.63) is 0 Å². The van der Waals surface area contributed by atoms with E-state index in [0.29, 0.717) is 0 Å². The third-order valence-corrected chi connectivity index (χ3v) is 2.00. The van der Waals surface area contributed by atoms with Crippen molar-refractivity contribution in [1.29, 1.82) is 0 Å². The van der Waals surface area contributed by atoms with Gasteiger partial charge >= 0.3 is 0 Å². The molecule has 0 saturated heterocycles. The summed E-state index contributed by atoms with van der Waals surface area (Å²) in [5.41, 5.74) is -2.06. The van der Waals surface area contributed by atoms with Crippen molar-refractivity contribution < 1.29 is 30.6 Å². The second-order valence-electron chi connectivity index (χ2n) is 3.12. The van der Waals surface area contributed by atoms with E-state index in [1.165, 1.54) is 0 Å². The van der Waals surface area contributed by atoms with E-state index in [9.17, 15) is 10.2 Å². The van der Waals surface area contributed by atoms with Crippen molar-refractivity contribution in [3.8, 4) is 0 Å². The van der Waals surface area contributed by atoms with Crippen LogP contribution in [-0.4, -0.2) is 67.8 Å². The lowest BCUT2D eigenvalue weighted by atomic mass is 9.89. The third kappa shape index (κ3) is 2.87. The van der Waals surface area contributed by atoms with E-state index in [1.54, 1.807) is 0 Å². The zero-order valence-corrected chi connectivity index (χ0v) is 7.33. The molecule has 0 radical (unpaired) electrons. The van der Waals surface area contributed by atoms with Crippen LogP contribution in [0.3, 0.4) is 0 Å². The molecule has 0 aliphatic rings. The third-order valence-electron chi connectivity index (χ3n) is 2.00. The van der Waals surface area contributed by atoms with Crippen LogP contribution in [0.25, 0.3) is 0 Å². The van der Waals surface area contributed by atoms with E-state index in [1.807, 2.05) is 0 Å². The van der Waals surface area contributed by atoms with E-state index in [0.717, 1.165) is 6.92 Å². The van der Waals surface area contributed by atoms with Gasteiger partial charge in [0.1, 0.15) is 23.9 Å². The van der Waals surface area contributed by atoms with Crippen LogP contribution < -0.4 is 0 Å². The summed E-state index contributed by atoms with van der Waals surface area (Å²) in [5.74, 6) is 0. The van der Waals surface area contributed by atoms with Gasteiger partial charge in [0.2, 0.25) is 0 Å². The Morgan fingerprint density at radius 2 is 1.54 bits per heavy atom. The highest BCUT2D eigenvalue weighted by atomic mass is 16.4. The molecule has 0 aliphatic heterocycles. The van der Waals surface area contributed by atoms with Crippen molar-refractivity contribution in [1.82, 2.24) is 0 Å². The summed E-state index contributed by atoms with van der Waals surface area (Å²) in [6.45, 7) is -0.435. The van der Waals surface area contributed by atoms with E-state index in [4.69, 9.17) is 20.4 Å². The van der Waals surface area contributed by atoms with Crippen LogP contribution in [0, 0.1) is 0 Å².